The Morgan fingerprint density at radius 1 is 1.24 bits per heavy atom. The maximum absolute atomic E-state index is 12.0. The summed E-state index contributed by atoms with van der Waals surface area (Å²) in [5.74, 6) is -2.01. The van der Waals surface area contributed by atoms with Crippen LogP contribution < -0.4 is 5.32 Å². The van der Waals surface area contributed by atoms with Gasteiger partial charge in [0.2, 0.25) is 5.91 Å². The van der Waals surface area contributed by atoms with E-state index in [0.717, 1.165) is 0 Å². The van der Waals surface area contributed by atoms with Crippen LogP contribution in [0.1, 0.15) is 10.4 Å². The molecule has 21 heavy (non-hydrogen) atoms. The number of hydrogen-bond acceptors (Lipinski definition) is 2. The molecular formula is C13H11F3N2O3. The van der Waals surface area contributed by atoms with Crippen LogP contribution in [0.25, 0.3) is 10.9 Å². The van der Waals surface area contributed by atoms with Gasteiger partial charge in [0, 0.05) is 11.6 Å². The number of nitrogens with zero attached hydrogens (tertiary/aromatic N) is 1. The van der Waals surface area contributed by atoms with E-state index < -0.39 is 24.6 Å². The summed E-state index contributed by atoms with van der Waals surface area (Å²) in [7, 11) is 0. The second-order valence-corrected chi connectivity index (χ2v) is 4.38. The molecule has 1 heterocycles. The number of nitrogens with one attached hydrogen (secondary N) is 1. The van der Waals surface area contributed by atoms with Gasteiger partial charge in [0.15, 0.2) is 0 Å². The second kappa shape index (κ2) is 5.47. The van der Waals surface area contributed by atoms with E-state index in [2.05, 4.69) is 0 Å². The van der Waals surface area contributed by atoms with Gasteiger partial charge in [-0.15, -0.1) is 0 Å². The molecule has 2 aromatic rings. The predicted molar refractivity (Wildman–Crippen MR) is 68.0 cm³/mol. The molecule has 1 amide bonds. The number of carbonyl (C=O) groups excluding carboxylic acids is 1. The highest BCUT2D eigenvalue weighted by atomic mass is 19.4. The van der Waals surface area contributed by atoms with E-state index in [9.17, 15) is 22.8 Å². The standard InChI is InChI=1S/C13H11F3N2O3/c14-13(15,16)7-17-10(19)6-18-5-4-8-2-1-3-9(11(8)18)12(20)21/h1-5H,6-7H2,(H,17,19)(H,20,21). The maximum Gasteiger partial charge on any atom is 0.405 e. The first-order chi connectivity index (χ1) is 9.78. The SMILES string of the molecule is O=C(Cn1ccc2cccc(C(=O)O)c21)NCC(F)(F)F. The fraction of sp³-hybridized carbons (Fsp3) is 0.231. The third-order valence-electron chi connectivity index (χ3n) is 2.82. The maximum atomic E-state index is 12.0. The Balaban J connectivity index is 2.23. The van der Waals surface area contributed by atoms with Gasteiger partial charge in [0.1, 0.15) is 13.1 Å². The van der Waals surface area contributed by atoms with Crippen LogP contribution in [0.5, 0.6) is 0 Å². The zero-order chi connectivity index (χ0) is 15.6. The minimum atomic E-state index is -4.49. The van der Waals surface area contributed by atoms with Gasteiger partial charge in [-0.25, -0.2) is 4.79 Å². The largest absolute Gasteiger partial charge is 0.478 e. The van der Waals surface area contributed by atoms with Gasteiger partial charge < -0.3 is 15.0 Å². The first-order valence-corrected chi connectivity index (χ1v) is 5.92. The monoisotopic (exact) mass is 300 g/mol. The Hall–Kier alpha value is -2.51. The highest BCUT2D eigenvalue weighted by Crippen LogP contribution is 2.20. The summed E-state index contributed by atoms with van der Waals surface area (Å²) in [6.45, 7) is -1.80. The molecule has 0 bridgehead atoms. The summed E-state index contributed by atoms with van der Waals surface area (Å²) < 4.78 is 37.4. The molecule has 2 N–H and O–H groups in total. The van der Waals surface area contributed by atoms with Crippen molar-refractivity contribution in [3.05, 3.63) is 36.0 Å². The van der Waals surface area contributed by atoms with E-state index in [1.807, 2.05) is 0 Å². The van der Waals surface area contributed by atoms with Crippen molar-refractivity contribution in [1.82, 2.24) is 9.88 Å². The lowest BCUT2D eigenvalue weighted by atomic mass is 10.1. The van der Waals surface area contributed by atoms with Gasteiger partial charge in [0.25, 0.3) is 0 Å². The van der Waals surface area contributed by atoms with E-state index in [0.29, 0.717) is 10.9 Å². The van der Waals surface area contributed by atoms with Gasteiger partial charge in [-0.3, -0.25) is 4.79 Å². The van der Waals surface area contributed by atoms with E-state index in [1.54, 1.807) is 23.5 Å². The number of benzene rings is 1. The van der Waals surface area contributed by atoms with Crippen LogP contribution in [0.2, 0.25) is 0 Å². The van der Waals surface area contributed by atoms with Crippen LogP contribution in [0.3, 0.4) is 0 Å². The number of para-hydroxylation sites is 1. The van der Waals surface area contributed by atoms with Crippen LogP contribution in [0.4, 0.5) is 13.2 Å². The van der Waals surface area contributed by atoms with Gasteiger partial charge in [-0.05, 0) is 12.1 Å². The number of aromatic nitrogens is 1. The minimum Gasteiger partial charge on any atom is -0.478 e. The van der Waals surface area contributed by atoms with Crippen molar-refractivity contribution < 1.29 is 27.9 Å². The van der Waals surface area contributed by atoms with Crippen molar-refractivity contribution in [2.75, 3.05) is 6.54 Å². The lowest BCUT2D eigenvalue weighted by Gasteiger charge is -2.10. The third kappa shape index (κ3) is 3.53. The fourth-order valence-electron chi connectivity index (χ4n) is 1.97. The first kappa shape index (κ1) is 14.9. The summed E-state index contributed by atoms with van der Waals surface area (Å²) in [5, 5.41) is 11.4. The van der Waals surface area contributed by atoms with Crippen molar-refractivity contribution in [2.45, 2.75) is 12.7 Å². The van der Waals surface area contributed by atoms with Crippen LogP contribution in [0.15, 0.2) is 30.5 Å². The van der Waals surface area contributed by atoms with Gasteiger partial charge in [-0.1, -0.05) is 12.1 Å². The number of fused-ring (bicyclic) bond motifs is 1. The summed E-state index contributed by atoms with van der Waals surface area (Å²) in [5.41, 5.74) is 0.285. The van der Waals surface area contributed by atoms with Gasteiger partial charge >= 0.3 is 12.1 Å². The number of halogens is 3. The Bertz CT molecular complexity index is 692. The number of amides is 1. The normalized spacial score (nSPS) is 11.6. The van der Waals surface area contributed by atoms with Crippen molar-refractivity contribution in [2.24, 2.45) is 0 Å². The smallest absolute Gasteiger partial charge is 0.405 e. The molecule has 1 aromatic carbocycles. The van der Waals surface area contributed by atoms with Crippen LogP contribution >= 0.6 is 0 Å². The lowest BCUT2D eigenvalue weighted by Crippen LogP contribution is -2.35. The van der Waals surface area contributed by atoms with Crippen LogP contribution in [-0.2, 0) is 11.3 Å². The molecule has 0 radical (unpaired) electrons. The zero-order valence-electron chi connectivity index (χ0n) is 10.6. The molecule has 0 saturated heterocycles. The number of carbonyl (C=O) groups is 2. The van der Waals surface area contributed by atoms with Crippen LogP contribution in [0, 0.1) is 0 Å². The quantitative estimate of drug-likeness (QED) is 0.907. The lowest BCUT2D eigenvalue weighted by molar-refractivity contribution is -0.138. The summed E-state index contributed by atoms with van der Waals surface area (Å²) in [4.78, 5) is 22.6. The highest BCUT2D eigenvalue weighted by Gasteiger charge is 2.27. The summed E-state index contributed by atoms with van der Waals surface area (Å²) in [6, 6.07) is 6.18. The molecule has 0 spiro atoms. The Kier molecular flexibility index (Phi) is 3.88. The molecule has 0 atom stereocenters. The van der Waals surface area contributed by atoms with Crippen molar-refractivity contribution in [3.8, 4) is 0 Å². The molecule has 112 valence electrons. The predicted octanol–water partition coefficient (Wildman–Crippen LogP) is 2.02. The molecule has 0 aliphatic heterocycles. The number of carboxylic acids is 1. The number of hydrogen-bond donors (Lipinski definition) is 2. The van der Waals surface area contributed by atoms with Crippen molar-refractivity contribution >= 4 is 22.8 Å². The number of alkyl halides is 3. The van der Waals surface area contributed by atoms with Gasteiger partial charge in [0.05, 0.1) is 11.1 Å². The van der Waals surface area contributed by atoms with Crippen LogP contribution in [-0.4, -0.2) is 34.3 Å². The highest BCUT2D eigenvalue weighted by molar-refractivity contribution is 6.02. The second-order valence-electron chi connectivity index (χ2n) is 4.38. The molecule has 0 aliphatic carbocycles. The van der Waals surface area contributed by atoms with Crippen molar-refractivity contribution in [3.63, 3.8) is 0 Å². The molecule has 0 aliphatic rings. The molecule has 2 rings (SSSR count). The van der Waals surface area contributed by atoms with E-state index in [4.69, 9.17) is 5.11 Å². The molecule has 0 unspecified atom stereocenters. The fourth-order valence-corrected chi connectivity index (χ4v) is 1.97. The summed E-state index contributed by atoms with van der Waals surface area (Å²) >= 11 is 0. The molecule has 5 nitrogen and oxygen atoms in total. The average Bonchev–Trinajstić information content (AvgIpc) is 2.79. The summed E-state index contributed by atoms with van der Waals surface area (Å²) in [6.07, 6.45) is -3.02. The van der Waals surface area contributed by atoms with E-state index in [1.165, 1.54) is 16.8 Å². The third-order valence-corrected chi connectivity index (χ3v) is 2.82. The molecule has 0 fully saturated rings. The molecule has 0 saturated carbocycles. The van der Waals surface area contributed by atoms with Crippen molar-refractivity contribution in [1.29, 1.82) is 0 Å². The number of carboxylic acid groups (broad SMARTS) is 1. The topological polar surface area (TPSA) is 71.3 Å². The van der Waals surface area contributed by atoms with Gasteiger partial charge in [-0.2, -0.15) is 13.2 Å². The molecular weight excluding hydrogens is 289 g/mol. The van der Waals surface area contributed by atoms with E-state index >= 15 is 0 Å². The average molecular weight is 300 g/mol. The Morgan fingerprint density at radius 2 is 1.95 bits per heavy atom. The number of aromatic carboxylic acids is 1. The Labute approximate surface area is 117 Å². The minimum absolute atomic E-state index is 0.0129. The van der Waals surface area contributed by atoms with E-state index in [-0.39, 0.29) is 12.1 Å². The first-order valence-electron chi connectivity index (χ1n) is 5.92. The molecule has 1 aromatic heterocycles. The Morgan fingerprint density at radius 3 is 2.57 bits per heavy atom. The zero-order valence-corrected chi connectivity index (χ0v) is 10.6. The molecule has 8 heteroatoms. The number of rotatable bonds is 4.